The van der Waals surface area contributed by atoms with Crippen molar-refractivity contribution < 1.29 is 14.7 Å². The predicted molar refractivity (Wildman–Crippen MR) is 60.6 cm³/mol. The summed E-state index contributed by atoms with van der Waals surface area (Å²) >= 11 is 0. The lowest BCUT2D eigenvalue weighted by atomic mass is 10.3. The standard InChI is InChI=1S/C10H14N4O3/c1-14(4-2-3-9(15)16)10(17)13-8-5-11-7-12-6-8/h5-7H,2-4H2,1H3,(H,13,17)(H,15,16). The largest absolute Gasteiger partial charge is 0.481 e. The number of hydrogen-bond acceptors (Lipinski definition) is 4. The maximum atomic E-state index is 11.6. The van der Waals surface area contributed by atoms with Gasteiger partial charge in [-0.1, -0.05) is 0 Å². The number of nitrogens with zero attached hydrogens (tertiary/aromatic N) is 3. The molecule has 1 aromatic rings. The van der Waals surface area contributed by atoms with Gasteiger partial charge in [-0.15, -0.1) is 0 Å². The van der Waals surface area contributed by atoms with Crippen LogP contribution in [0.4, 0.5) is 10.5 Å². The van der Waals surface area contributed by atoms with Gasteiger partial charge in [0.1, 0.15) is 6.33 Å². The molecule has 2 amide bonds. The van der Waals surface area contributed by atoms with Gasteiger partial charge in [-0.05, 0) is 6.42 Å². The first-order chi connectivity index (χ1) is 8.09. The van der Waals surface area contributed by atoms with Crippen molar-refractivity contribution in [2.24, 2.45) is 0 Å². The summed E-state index contributed by atoms with van der Waals surface area (Å²) in [6, 6.07) is -0.315. The molecular formula is C10H14N4O3. The molecule has 0 atom stereocenters. The van der Waals surface area contributed by atoms with Crippen molar-refractivity contribution >= 4 is 17.7 Å². The summed E-state index contributed by atoms with van der Waals surface area (Å²) in [5.74, 6) is -0.865. The van der Waals surface area contributed by atoms with Gasteiger partial charge in [0.2, 0.25) is 0 Å². The SMILES string of the molecule is CN(CCCC(=O)O)C(=O)Nc1cncnc1. The number of carboxylic acids is 1. The minimum atomic E-state index is -0.865. The molecule has 0 saturated carbocycles. The Morgan fingerprint density at radius 2 is 2.06 bits per heavy atom. The molecule has 0 aliphatic rings. The molecule has 0 aromatic carbocycles. The molecule has 1 heterocycles. The molecule has 0 bridgehead atoms. The molecule has 17 heavy (non-hydrogen) atoms. The smallest absolute Gasteiger partial charge is 0.321 e. The average molecular weight is 238 g/mol. The Bertz CT molecular complexity index is 382. The summed E-state index contributed by atoms with van der Waals surface area (Å²) in [4.78, 5) is 30.8. The zero-order chi connectivity index (χ0) is 12.7. The van der Waals surface area contributed by atoms with Crippen molar-refractivity contribution in [1.29, 1.82) is 0 Å². The summed E-state index contributed by atoms with van der Waals surface area (Å²) in [6.07, 6.45) is 4.80. The van der Waals surface area contributed by atoms with Crippen LogP contribution in [0.15, 0.2) is 18.7 Å². The lowest BCUT2D eigenvalue weighted by Crippen LogP contribution is -2.32. The molecular weight excluding hydrogens is 224 g/mol. The van der Waals surface area contributed by atoms with Crippen LogP contribution in [0.5, 0.6) is 0 Å². The Morgan fingerprint density at radius 3 is 2.65 bits per heavy atom. The zero-order valence-corrected chi connectivity index (χ0v) is 9.46. The van der Waals surface area contributed by atoms with E-state index < -0.39 is 5.97 Å². The fourth-order valence-electron chi connectivity index (χ4n) is 1.15. The first-order valence-corrected chi connectivity index (χ1v) is 5.08. The van der Waals surface area contributed by atoms with Gasteiger partial charge < -0.3 is 15.3 Å². The van der Waals surface area contributed by atoms with E-state index in [1.165, 1.54) is 23.6 Å². The fourth-order valence-corrected chi connectivity index (χ4v) is 1.15. The number of carboxylic acid groups (broad SMARTS) is 1. The Balaban J connectivity index is 2.34. The van der Waals surface area contributed by atoms with E-state index in [0.29, 0.717) is 18.7 Å². The van der Waals surface area contributed by atoms with Crippen molar-refractivity contribution in [2.45, 2.75) is 12.8 Å². The summed E-state index contributed by atoms with van der Waals surface area (Å²) in [5.41, 5.74) is 0.502. The minimum absolute atomic E-state index is 0.0477. The number of aromatic nitrogens is 2. The van der Waals surface area contributed by atoms with Crippen LogP contribution in [0, 0.1) is 0 Å². The number of rotatable bonds is 5. The van der Waals surface area contributed by atoms with Crippen molar-refractivity contribution in [3.05, 3.63) is 18.7 Å². The molecule has 0 aliphatic carbocycles. The highest BCUT2D eigenvalue weighted by atomic mass is 16.4. The number of anilines is 1. The quantitative estimate of drug-likeness (QED) is 0.791. The van der Waals surface area contributed by atoms with Gasteiger partial charge >= 0.3 is 12.0 Å². The maximum absolute atomic E-state index is 11.6. The first kappa shape index (κ1) is 12.9. The number of hydrogen-bond donors (Lipinski definition) is 2. The molecule has 1 aromatic heterocycles. The first-order valence-electron chi connectivity index (χ1n) is 5.08. The van der Waals surface area contributed by atoms with Crippen LogP contribution in [0.3, 0.4) is 0 Å². The van der Waals surface area contributed by atoms with Gasteiger partial charge in [0, 0.05) is 20.0 Å². The van der Waals surface area contributed by atoms with E-state index in [1.54, 1.807) is 7.05 Å². The molecule has 7 heteroatoms. The molecule has 0 aliphatic heterocycles. The van der Waals surface area contributed by atoms with Crippen LogP contribution in [0.1, 0.15) is 12.8 Å². The van der Waals surface area contributed by atoms with Crippen molar-refractivity contribution in [1.82, 2.24) is 14.9 Å². The number of aliphatic carboxylic acids is 1. The molecule has 2 N–H and O–H groups in total. The van der Waals surface area contributed by atoms with Crippen LogP contribution in [0.25, 0.3) is 0 Å². The normalized spacial score (nSPS) is 9.71. The Morgan fingerprint density at radius 1 is 1.41 bits per heavy atom. The molecule has 0 saturated heterocycles. The molecule has 0 spiro atoms. The second kappa shape index (κ2) is 6.41. The lowest BCUT2D eigenvalue weighted by Gasteiger charge is -2.16. The molecule has 0 unspecified atom stereocenters. The van der Waals surface area contributed by atoms with E-state index in [-0.39, 0.29) is 12.5 Å². The van der Waals surface area contributed by atoms with Crippen LogP contribution < -0.4 is 5.32 Å². The van der Waals surface area contributed by atoms with Crippen molar-refractivity contribution in [3.63, 3.8) is 0 Å². The van der Waals surface area contributed by atoms with Crippen LogP contribution in [-0.4, -0.2) is 45.6 Å². The topological polar surface area (TPSA) is 95.4 Å². The predicted octanol–water partition coefficient (Wildman–Crippen LogP) is 0.805. The number of carbonyl (C=O) groups is 2. The van der Waals surface area contributed by atoms with E-state index >= 15 is 0 Å². The van der Waals surface area contributed by atoms with E-state index in [0.717, 1.165) is 0 Å². The highest BCUT2D eigenvalue weighted by Crippen LogP contribution is 2.02. The van der Waals surface area contributed by atoms with Crippen LogP contribution in [-0.2, 0) is 4.79 Å². The third-order valence-corrected chi connectivity index (χ3v) is 2.04. The molecule has 0 radical (unpaired) electrons. The van der Waals surface area contributed by atoms with Gasteiger partial charge in [-0.3, -0.25) is 4.79 Å². The van der Waals surface area contributed by atoms with E-state index in [9.17, 15) is 9.59 Å². The molecule has 1 rings (SSSR count). The zero-order valence-electron chi connectivity index (χ0n) is 9.46. The monoisotopic (exact) mass is 238 g/mol. The maximum Gasteiger partial charge on any atom is 0.321 e. The number of urea groups is 1. The number of carbonyl (C=O) groups excluding carboxylic acids is 1. The summed E-state index contributed by atoms with van der Waals surface area (Å²) in [7, 11) is 1.60. The minimum Gasteiger partial charge on any atom is -0.481 e. The highest BCUT2D eigenvalue weighted by molar-refractivity contribution is 5.88. The Labute approximate surface area is 98.5 Å². The molecule has 92 valence electrons. The Hall–Kier alpha value is -2.18. The summed E-state index contributed by atoms with van der Waals surface area (Å²) < 4.78 is 0. The average Bonchev–Trinajstić information content (AvgIpc) is 2.29. The second-order valence-electron chi connectivity index (χ2n) is 3.48. The Kier molecular flexibility index (Phi) is 4.86. The van der Waals surface area contributed by atoms with Gasteiger partial charge in [0.05, 0.1) is 18.1 Å². The summed E-state index contributed by atoms with van der Waals surface area (Å²) in [6.45, 7) is 0.381. The third kappa shape index (κ3) is 4.92. The number of amides is 2. The van der Waals surface area contributed by atoms with Crippen molar-refractivity contribution in [2.75, 3.05) is 18.9 Å². The highest BCUT2D eigenvalue weighted by Gasteiger charge is 2.09. The number of nitrogens with one attached hydrogen (secondary N) is 1. The van der Waals surface area contributed by atoms with Gasteiger partial charge in [-0.25, -0.2) is 14.8 Å². The molecule has 7 nitrogen and oxygen atoms in total. The lowest BCUT2D eigenvalue weighted by molar-refractivity contribution is -0.137. The van der Waals surface area contributed by atoms with E-state index in [1.807, 2.05) is 0 Å². The second-order valence-corrected chi connectivity index (χ2v) is 3.48. The van der Waals surface area contributed by atoms with Gasteiger partial charge in [-0.2, -0.15) is 0 Å². The third-order valence-electron chi connectivity index (χ3n) is 2.04. The van der Waals surface area contributed by atoms with Gasteiger partial charge in [0.25, 0.3) is 0 Å². The molecule has 0 fully saturated rings. The van der Waals surface area contributed by atoms with E-state index in [4.69, 9.17) is 5.11 Å². The van der Waals surface area contributed by atoms with Crippen LogP contribution >= 0.6 is 0 Å². The van der Waals surface area contributed by atoms with E-state index in [2.05, 4.69) is 15.3 Å². The van der Waals surface area contributed by atoms with Gasteiger partial charge in [0.15, 0.2) is 0 Å². The van der Waals surface area contributed by atoms with Crippen molar-refractivity contribution in [3.8, 4) is 0 Å². The van der Waals surface area contributed by atoms with Crippen LogP contribution in [0.2, 0.25) is 0 Å². The fraction of sp³-hybridized carbons (Fsp3) is 0.400. The summed E-state index contributed by atoms with van der Waals surface area (Å²) in [5, 5.41) is 11.1.